The lowest BCUT2D eigenvalue weighted by Gasteiger charge is -2.18. The van der Waals surface area contributed by atoms with E-state index in [9.17, 15) is 0 Å². The molecule has 0 N–H and O–H groups in total. The van der Waals surface area contributed by atoms with Gasteiger partial charge in [0.1, 0.15) is 0 Å². The first-order valence-electron chi connectivity index (χ1n) is 18.6. The predicted molar refractivity (Wildman–Crippen MR) is 228 cm³/mol. The Bertz CT molecular complexity index is 3200. The fraction of sp³-hybridized carbons (Fsp3) is 0. The maximum atomic E-state index is 5.30. The van der Waals surface area contributed by atoms with Gasteiger partial charge < -0.3 is 4.57 Å². The SMILES string of the molecule is c1ccc(-c2cccc(-c3nc(-c4ccccc4)nc(-c4cccc5c4c4ccccc4c4cccc(-n6c7ccccc7c7ccccc76)c45)n3)c2)cc1. The lowest BCUT2D eigenvalue weighted by Crippen LogP contribution is -2.01. The monoisotopic (exact) mass is 700 g/mol. The van der Waals surface area contributed by atoms with Crippen molar-refractivity contribution in [2.24, 2.45) is 0 Å². The Balaban J connectivity index is 1.23. The second-order valence-corrected chi connectivity index (χ2v) is 14.0. The van der Waals surface area contributed by atoms with Gasteiger partial charge in [0.2, 0.25) is 0 Å². The number of hydrogen-bond acceptors (Lipinski definition) is 3. The molecule has 0 atom stereocenters. The molecule has 0 spiro atoms. The molecule has 0 saturated heterocycles. The summed E-state index contributed by atoms with van der Waals surface area (Å²) >= 11 is 0. The van der Waals surface area contributed by atoms with Gasteiger partial charge >= 0.3 is 0 Å². The van der Waals surface area contributed by atoms with E-state index >= 15 is 0 Å². The second kappa shape index (κ2) is 12.6. The zero-order valence-electron chi connectivity index (χ0n) is 29.8. The summed E-state index contributed by atoms with van der Waals surface area (Å²) in [6.07, 6.45) is 0. The number of rotatable bonds is 5. The second-order valence-electron chi connectivity index (χ2n) is 14.0. The van der Waals surface area contributed by atoms with Gasteiger partial charge in [0.15, 0.2) is 17.5 Å². The van der Waals surface area contributed by atoms with Gasteiger partial charge in [-0.1, -0.05) is 170 Å². The average Bonchev–Trinajstić information content (AvgIpc) is 3.61. The fourth-order valence-electron chi connectivity index (χ4n) is 8.40. The minimum atomic E-state index is 0.634. The van der Waals surface area contributed by atoms with E-state index in [-0.39, 0.29) is 0 Å². The van der Waals surface area contributed by atoms with Crippen LogP contribution in [0.1, 0.15) is 0 Å². The van der Waals surface area contributed by atoms with E-state index in [4.69, 9.17) is 15.0 Å². The molecule has 55 heavy (non-hydrogen) atoms. The third-order valence-corrected chi connectivity index (χ3v) is 10.8. The van der Waals surface area contributed by atoms with Gasteiger partial charge in [-0.05, 0) is 56.9 Å². The molecule has 0 saturated carbocycles. The third kappa shape index (κ3) is 5.03. The Morgan fingerprint density at radius 1 is 0.291 bits per heavy atom. The summed E-state index contributed by atoms with van der Waals surface area (Å²) in [5.41, 5.74) is 8.61. The maximum absolute atomic E-state index is 5.30. The van der Waals surface area contributed by atoms with Crippen molar-refractivity contribution in [3.8, 4) is 51.0 Å². The Kier molecular flexibility index (Phi) is 7.14. The highest BCUT2D eigenvalue weighted by Gasteiger charge is 2.21. The van der Waals surface area contributed by atoms with Gasteiger partial charge in [-0.25, -0.2) is 15.0 Å². The standard InChI is InChI=1S/C51H32N4/c1-3-16-33(17-4-1)35-20-13-21-36(32-35)50-52-49(34-18-5-2-6-19-34)53-51(54-50)43-28-14-27-42-47(43)40-25-8-7-22-37(40)41-26-15-31-46(48(41)42)55-44-29-11-9-23-38(44)39-24-10-12-30-45(39)55/h1-32H. The minimum Gasteiger partial charge on any atom is -0.309 e. The molecule has 11 aromatic rings. The largest absolute Gasteiger partial charge is 0.309 e. The fourth-order valence-corrected chi connectivity index (χ4v) is 8.40. The van der Waals surface area contributed by atoms with Crippen LogP contribution in [0.25, 0.3) is 105 Å². The van der Waals surface area contributed by atoms with Crippen LogP contribution in [0, 0.1) is 0 Å². The number of benzene rings is 9. The zero-order chi connectivity index (χ0) is 36.3. The molecule has 0 fully saturated rings. The van der Waals surface area contributed by atoms with Gasteiger partial charge in [-0.3, -0.25) is 0 Å². The quantitative estimate of drug-likeness (QED) is 0.168. The normalized spacial score (nSPS) is 11.6. The van der Waals surface area contributed by atoms with Crippen LogP contribution in [0.3, 0.4) is 0 Å². The van der Waals surface area contributed by atoms with Crippen molar-refractivity contribution in [1.82, 2.24) is 19.5 Å². The molecule has 0 aliphatic heterocycles. The molecule has 4 heteroatoms. The van der Waals surface area contributed by atoms with Crippen molar-refractivity contribution in [2.45, 2.75) is 0 Å². The molecule has 0 radical (unpaired) electrons. The van der Waals surface area contributed by atoms with Crippen molar-refractivity contribution in [2.75, 3.05) is 0 Å². The molecule has 4 nitrogen and oxygen atoms in total. The van der Waals surface area contributed by atoms with E-state index < -0.39 is 0 Å². The van der Waals surface area contributed by atoms with E-state index in [1.165, 1.54) is 38.0 Å². The summed E-state index contributed by atoms with van der Waals surface area (Å²) in [5, 5.41) is 9.50. The lowest BCUT2D eigenvalue weighted by atomic mass is 9.90. The van der Waals surface area contributed by atoms with Crippen molar-refractivity contribution in [3.63, 3.8) is 0 Å². The highest BCUT2D eigenvalue weighted by atomic mass is 15.0. The van der Waals surface area contributed by atoms with Crippen LogP contribution in [-0.2, 0) is 0 Å². The summed E-state index contributed by atoms with van der Waals surface area (Å²) in [7, 11) is 0. The molecule has 2 heterocycles. The van der Waals surface area contributed by atoms with Gasteiger partial charge in [-0.15, -0.1) is 0 Å². The van der Waals surface area contributed by atoms with E-state index in [0.29, 0.717) is 17.5 Å². The van der Waals surface area contributed by atoms with E-state index in [1.54, 1.807) is 0 Å². The predicted octanol–water partition coefficient (Wildman–Crippen LogP) is 13.1. The van der Waals surface area contributed by atoms with Crippen molar-refractivity contribution < 1.29 is 0 Å². The smallest absolute Gasteiger partial charge is 0.164 e. The number of nitrogens with zero attached hydrogens (tertiary/aromatic N) is 4. The van der Waals surface area contributed by atoms with Gasteiger partial charge in [0, 0.05) is 38.2 Å². The Labute approximate surface area is 317 Å². The summed E-state index contributed by atoms with van der Waals surface area (Å²) in [4.78, 5) is 15.6. The van der Waals surface area contributed by atoms with E-state index in [1.807, 2.05) is 24.3 Å². The number of hydrogen-bond donors (Lipinski definition) is 0. The molecule has 256 valence electrons. The zero-order valence-corrected chi connectivity index (χ0v) is 29.8. The van der Waals surface area contributed by atoms with Crippen LogP contribution in [0.2, 0.25) is 0 Å². The molecule has 0 amide bonds. The molecule has 9 aromatic carbocycles. The van der Waals surface area contributed by atoms with Crippen LogP contribution < -0.4 is 0 Å². The van der Waals surface area contributed by atoms with Crippen LogP contribution >= 0.6 is 0 Å². The average molecular weight is 701 g/mol. The highest BCUT2D eigenvalue weighted by molar-refractivity contribution is 6.30. The molecule has 0 aliphatic rings. The van der Waals surface area contributed by atoms with Crippen LogP contribution in [-0.4, -0.2) is 19.5 Å². The summed E-state index contributed by atoms with van der Waals surface area (Å²) in [6.45, 7) is 0. The van der Waals surface area contributed by atoms with Crippen LogP contribution in [0.4, 0.5) is 0 Å². The molecular weight excluding hydrogens is 669 g/mol. The first-order valence-corrected chi connectivity index (χ1v) is 18.6. The Morgan fingerprint density at radius 3 is 1.49 bits per heavy atom. The first kappa shape index (κ1) is 31.1. The molecule has 0 aliphatic carbocycles. The van der Waals surface area contributed by atoms with Crippen LogP contribution in [0.15, 0.2) is 194 Å². The number of fused-ring (bicyclic) bond motifs is 9. The van der Waals surface area contributed by atoms with Crippen molar-refractivity contribution in [1.29, 1.82) is 0 Å². The Morgan fingerprint density at radius 2 is 0.764 bits per heavy atom. The number of aromatic nitrogens is 4. The minimum absolute atomic E-state index is 0.634. The summed E-state index contributed by atoms with van der Waals surface area (Å²) < 4.78 is 2.43. The summed E-state index contributed by atoms with van der Waals surface area (Å²) in [5.74, 6) is 1.91. The van der Waals surface area contributed by atoms with Crippen LogP contribution in [0.5, 0.6) is 0 Å². The number of para-hydroxylation sites is 2. The van der Waals surface area contributed by atoms with Gasteiger partial charge in [0.25, 0.3) is 0 Å². The molecular formula is C51H32N4. The van der Waals surface area contributed by atoms with Crippen molar-refractivity contribution >= 4 is 54.1 Å². The van der Waals surface area contributed by atoms with E-state index in [0.717, 1.165) is 49.7 Å². The van der Waals surface area contributed by atoms with Crippen molar-refractivity contribution in [3.05, 3.63) is 194 Å². The highest BCUT2D eigenvalue weighted by Crippen LogP contribution is 2.44. The first-order chi connectivity index (χ1) is 27.3. The summed E-state index contributed by atoms with van der Waals surface area (Å²) in [6, 6.07) is 68.6. The molecule has 0 unspecified atom stereocenters. The molecule has 0 bridgehead atoms. The molecule has 2 aromatic heterocycles. The lowest BCUT2D eigenvalue weighted by molar-refractivity contribution is 1.08. The Hall–Kier alpha value is -7.43. The topological polar surface area (TPSA) is 43.6 Å². The third-order valence-electron chi connectivity index (χ3n) is 10.8. The van der Waals surface area contributed by atoms with Gasteiger partial charge in [-0.2, -0.15) is 0 Å². The van der Waals surface area contributed by atoms with E-state index in [2.05, 4.69) is 174 Å². The molecule has 11 rings (SSSR count). The maximum Gasteiger partial charge on any atom is 0.164 e. The van der Waals surface area contributed by atoms with Gasteiger partial charge in [0.05, 0.1) is 16.7 Å².